The molecule has 0 radical (unpaired) electrons. The van der Waals surface area contributed by atoms with E-state index in [0.29, 0.717) is 0 Å². The van der Waals surface area contributed by atoms with Gasteiger partial charge in [0.15, 0.2) is 0 Å². The lowest BCUT2D eigenvalue weighted by Crippen LogP contribution is -2.12. The Balaban J connectivity index is 3.10. The zero-order chi connectivity index (χ0) is 10.1. The third-order valence-corrected chi connectivity index (χ3v) is 1.44. The van der Waals surface area contributed by atoms with E-state index in [9.17, 15) is 18.0 Å². The van der Waals surface area contributed by atoms with E-state index in [-0.39, 0.29) is 0 Å². The molecular formula is C7H6F3NO2. The number of carbonyl (C=O) groups excluding carboxylic acids is 1. The van der Waals surface area contributed by atoms with Crippen LogP contribution in [0.1, 0.15) is 16.1 Å². The van der Waals surface area contributed by atoms with Gasteiger partial charge >= 0.3 is 12.1 Å². The highest BCUT2D eigenvalue weighted by Crippen LogP contribution is 2.31. The van der Waals surface area contributed by atoms with Gasteiger partial charge in [-0.15, -0.1) is 0 Å². The second-order valence-corrected chi connectivity index (χ2v) is 2.26. The largest absolute Gasteiger partial charge is 0.464 e. The number of aromatic amines is 1. The monoisotopic (exact) mass is 193 g/mol. The SMILES string of the molecule is COC(=O)c1[nH]ccc1C(F)(F)F. The number of aromatic nitrogens is 1. The number of hydrogen-bond donors (Lipinski definition) is 1. The number of carbonyl (C=O) groups is 1. The van der Waals surface area contributed by atoms with Gasteiger partial charge in [0.2, 0.25) is 0 Å². The molecule has 72 valence electrons. The quantitative estimate of drug-likeness (QED) is 0.691. The van der Waals surface area contributed by atoms with E-state index in [4.69, 9.17) is 0 Å². The van der Waals surface area contributed by atoms with Gasteiger partial charge in [-0.3, -0.25) is 0 Å². The number of methoxy groups -OCH3 is 1. The summed E-state index contributed by atoms with van der Waals surface area (Å²) in [5.74, 6) is -1.03. The van der Waals surface area contributed by atoms with Crippen molar-refractivity contribution in [3.63, 3.8) is 0 Å². The molecule has 0 aromatic carbocycles. The molecule has 0 aliphatic carbocycles. The zero-order valence-electron chi connectivity index (χ0n) is 6.61. The zero-order valence-corrected chi connectivity index (χ0v) is 6.61. The molecule has 0 aliphatic rings. The predicted octanol–water partition coefficient (Wildman–Crippen LogP) is 1.82. The Labute approximate surface area is 71.5 Å². The molecule has 0 saturated carbocycles. The molecule has 1 rings (SSSR count). The molecule has 1 heterocycles. The second kappa shape index (κ2) is 3.12. The summed E-state index contributed by atoms with van der Waals surface area (Å²) in [6.45, 7) is 0. The summed E-state index contributed by atoms with van der Waals surface area (Å²) in [6.07, 6.45) is -3.50. The van der Waals surface area contributed by atoms with Gasteiger partial charge in [0.05, 0.1) is 12.7 Å². The highest BCUT2D eigenvalue weighted by molar-refractivity contribution is 5.89. The minimum Gasteiger partial charge on any atom is -0.464 e. The maximum absolute atomic E-state index is 12.2. The number of hydrogen-bond acceptors (Lipinski definition) is 2. The Hall–Kier alpha value is -1.46. The van der Waals surface area contributed by atoms with Gasteiger partial charge in [-0.25, -0.2) is 4.79 Å². The minimum atomic E-state index is -4.54. The van der Waals surface area contributed by atoms with Crippen LogP contribution in [0.15, 0.2) is 12.3 Å². The van der Waals surface area contributed by atoms with Gasteiger partial charge in [0, 0.05) is 6.20 Å². The van der Waals surface area contributed by atoms with Crippen LogP contribution in [0.4, 0.5) is 13.2 Å². The summed E-state index contributed by atoms with van der Waals surface area (Å²) >= 11 is 0. The lowest BCUT2D eigenvalue weighted by atomic mass is 10.2. The summed E-state index contributed by atoms with van der Waals surface area (Å²) in [4.78, 5) is 13.0. The van der Waals surface area contributed by atoms with Crippen LogP contribution in [0.5, 0.6) is 0 Å². The molecule has 1 N–H and O–H groups in total. The van der Waals surface area contributed by atoms with E-state index in [2.05, 4.69) is 9.72 Å². The van der Waals surface area contributed by atoms with Crippen LogP contribution in [0.3, 0.4) is 0 Å². The standard InChI is InChI=1S/C7H6F3NO2/c1-13-6(12)5-4(2-3-11-5)7(8,9)10/h2-3,11H,1H3. The number of esters is 1. The molecule has 0 aliphatic heterocycles. The molecule has 13 heavy (non-hydrogen) atoms. The summed E-state index contributed by atoms with van der Waals surface area (Å²) in [6, 6.07) is 0.784. The Morgan fingerprint density at radius 2 is 2.15 bits per heavy atom. The Bertz CT molecular complexity index is 316. The first-order chi connectivity index (χ1) is 5.96. The first-order valence-electron chi connectivity index (χ1n) is 3.29. The highest BCUT2D eigenvalue weighted by atomic mass is 19.4. The van der Waals surface area contributed by atoms with Crippen molar-refractivity contribution in [2.75, 3.05) is 7.11 Å². The average Bonchev–Trinajstić information content (AvgIpc) is 2.49. The van der Waals surface area contributed by atoms with Crippen molar-refractivity contribution >= 4 is 5.97 Å². The first kappa shape index (κ1) is 9.63. The normalized spacial score (nSPS) is 11.4. The average molecular weight is 193 g/mol. The van der Waals surface area contributed by atoms with Gasteiger partial charge in [0.1, 0.15) is 5.69 Å². The molecule has 0 spiro atoms. The van der Waals surface area contributed by atoms with Crippen LogP contribution in [0.25, 0.3) is 0 Å². The highest BCUT2D eigenvalue weighted by Gasteiger charge is 2.36. The molecule has 3 nitrogen and oxygen atoms in total. The molecule has 0 fully saturated rings. The number of ether oxygens (including phenoxy) is 1. The first-order valence-corrected chi connectivity index (χ1v) is 3.29. The van der Waals surface area contributed by atoms with Gasteiger partial charge in [-0.2, -0.15) is 13.2 Å². The number of alkyl halides is 3. The van der Waals surface area contributed by atoms with Crippen LogP contribution in [-0.4, -0.2) is 18.1 Å². The molecule has 1 aromatic rings. The summed E-state index contributed by atoms with van der Waals surface area (Å²) in [7, 11) is 1.02. The Kier molecular flexibility index (Phi) is 2.31. The molecule has 0 atom stereocenters. The van der Waals surface area contributed by atoms with E-state index in [0.717, 1.165) is 19.4 Å². The van der Waals surface area contributed by atoms with Gasteiger partial charge in [-0.05, 0) is 6.07 Å². The molecular weight excluding hydrogens is 187 g/mol. The molecule has 0 unspecified atom stereocenters. The van der Waals surface area contributed by atoms with Crippen molar-refractivity contribution in [3.05, 3.63) is 23.5 Å². The molecule has 1 aromatic heterocycles. The minimum absolute atomic E-state index is 0.574. The van der Waals surface area contributed by atoms with Crippen LogP contribution >= 0.6 is 0 Å². The smallest absolute Gasteiger partial charge is 0.418 e. The van der Waals surface area contributed by atoms with E-state index < -0.39 is 23.4 Å². The fourth-order valence-corrected chi connectivity index (χ4v) is 0.877. The van der Waals surface area contributed by atoms with Gasteiger partial charge in [0.25, 0.3) is 0 Å². The van der Waals surface area contributed by atoms with Crippen LogP contribution in [0.2, 0.25) is 0 Å². The molecule has 6 heteroatoms. The summed E-state index contributed by atoms with van der Waals surface area (Å²) in [5, 5.41) is 0. The fraction of sp³-hybridized carbons (Fsp3) is 0.286. The topological polar surface area (TPSA) is 42.1 Å². The lowest BCUT2D eigenvalue weighted by Gasteiger charge is -2.05. The fourth-order valence-electron chi connectivity index (χ4n) is 0.877. The molecule has 0 amide bonds. The molecule has 0 saturated heterocycles. The van der Waals surface area contributed by atoms with E-state index >= 15 is 0 Å². The van der Waals surface area contributed by atoms with Crippen molar-refractivity contribution < 1.29 is 22.7 Å². The third-order valence-electron chi connectivity index (χ3n) is 1.44. The summed E-state index contributed by atoms with van der Waals surface area (Å²) in [5.41, 5.74) is -1.59. The number of halogens is 3. The van der Waals surface area contributed by atoms with Crippen molar-refractivity contribution in [2.45, 2.75) is 6.18 Å². The second-order valence-electron chi connectivity index (χ2n) is 2.26. The third kappa shape index (κ3) is 1.82. The van der Waals surface area contributed by atoms with E-state index in [1.165, 1.54) is 0 Å². The van der Waals surface area contributed by atoms with Crippen LogP contribution in [0, 0.1) is 0 Å². The van der Waals surface area contributed by atoms with E-state index in [1.807, 2.05) is 0 Å². The summed E-state index contributed by atoms with van der Waals surface area (Å²) < 4.78 is 40.6. The maximum Gasteiger partial charge on any atom is 0.418 e. The number of H-pyrrole nitrogens is 1. The Morgan fingerprint density at radius 3 is 2.62 bits per heavy atom. The Morgan fingerprint density at radius 1 is 1.54 bits per heavy atom. The number of nitrogens with one attached hydrogen (secondary N) is 1. The van der Waals surface area contributed by atoms with Crippen molar-refractivity contribution in [1.82, 2.24) is 4.98 Å². The molecule has 0 bridgehead atoms. The number of rotatable bonds is 1. The van der Waals surface area contributed by atoms with Crippen molar-refractivity contribution in [1.29, 1.82) is 0 Å². The lowest BCUT2D eigenvalue weighted by molar-refractivity contribution is -0.138. The van der Waals surface area contributed by atoms with Gasteiger partial charge < -0.3 is 9.72 Å². The van der Waals surface area contributed by atoms with E-state index in [1.54, 1.807) is 0 Å². The van der Waals surface area contributed by atoms with Crippen molar-refractivity contribution in [2.24, 2.45) is 0 Å². The predicted molar refractivity (Wildman–Crippen MR) is 37.1 cm³/mol. The maximum atomic E-state index is 12.2. The van der Waals surface area contributed by atoms with Gasteiger partial charge in [-0.1, -0.05) is 0 Å². The van der Waals surface area contributed by atoms with Crippen LogP contribution in [-0.2, 0) is 10.9 Å². The van der Waals surface area contributed by atoms with Crippen LogP contribution < -0.4 is 0 Å². The van der Waals surface area contributed by atoms with Crippen molar-refractivity contribution in [3.8, 4) is 0 Å².